The average Bonchev–Trinajstić information content (AvgIpc) is 2.77. The Morgan fingerprint density at radius 1 is 1.00 bits per heavy atom. The average molecular weight is 314 g/mol. The highest BCUT2D eigenvalue weighted by Crippen LogP contribution is 2.34. The molecule has 0 bridgehead atoms. The number of benzene rings is 2. The summed E-state index contributed by atoms with van der Waals surface area (Å²) >= 11 is 0. The van der Waals surface area contributed by atoms with Crippen LogP contribution in [0.2, 0.25) is 0 Å². The van der Waals surface area contributed by atoms with Crippen LogP contribution in [0.4, 0.5) is 0 Å². The van der Waals surface area contributed by atoms with Crippen LogP contribution < -0.4 is 4.74 Å². The molecule has 0 fully saturated rings. The summed E-state index contributed by atoms with van der Waals surface area (Å²) in [6.45, 7) is 4.98. The van der Waals surface area contributed by atoms with Gasteiger partial charge in [-0.25, -0.2) is 0 Å². The van der Waals surface area contributed by atoms with Crippen LogP contribution in [0, 0.1) is 0 Å². The maximum Gasteiger partial charge on any atom is 0.119 e. The molecule has 0 spiro atoms. The molecule has 3 rings (SSSR count). The third-order valence-electron chi connectivity index (χ3n) is 3.94. The Balaban J connectivity index is 1.86. The van der Waals surface area contributed by atoms with Crippen molar-refractivity contribution in [3.05, 3.63) is 53.1 Å². The summed E-state index contributed by atoms with van der Waals surface area (Å²) < 4.78 is 16.8. The van der Waals surface area contributed by atoms with Crippen LogP contribution in [0.15, 0.2) is 36.4 Å². The summed E-state index contributed by atoms with van der Waals surface area (Å²) in [5.74, 6) is 0.828. The van der Waals surface area contributed by atoms with E-state index in [0.717, 1.165) is 33.6 Å². The molecule has 122 valence electrons. The molecule has 2 aromatic rings. The number of fused-ring (bicyclic) bond motifs is 3. The van der Waals surface area contributed by atoms with E-state index in [1.54, 1.807) is 0 Å². The van der Waals surface area contributed by atoms with Gasteiger partial charge in [0.2, 0.25) is 0 Å². The highest BCUT2D eigenvalue weighted by atomic mass is 16.5. The van der Waals surface area contributed by atoms with Gasteiger partial charge in [-0.1, -0.05) is 18.2 Å². The molecule has 0 aromatic heterocycles. The van der Waals surface area contributed by atoms with Crippen molar-refractivity contribution in [1.82, 2.24) is 0 Å². The van der Waals surface area contributed by atoms with Crippen LogP contribution in [-0.4, -0.2) is 24.9 Å². The maximum absolute atomic E-state index is 9.38. The second-order valence-electron chi connectivity index (χ2n) is 5.51. The quantitative estimate of drug-likeness (QED) is 0.831. The minimum absolute atomic E-state index is 0.0437. The van der Waals surface area contributed by atoms with Crippen LogP contribution in [0.25, 0.3) is 11.1 Å². The molecule has 0 atom stereocenters. The molecule has 0 radical (unpaired) electrons. The smallest absolute Gasteiger partial charge is 0.119 e. The second-order valence-corrected chi connectivity index (χ2v) is 5.51. The molecule has 0 unspecified atom stereocenters. The first-order valence-corrected chi connectivity index (χ1v) is 7.96. The van der Waals surface area contributed by atoms with Crippen LogP contribution in [0.3, 0.4) is 0 Å². The number of aliphatic hydroxyl groups is 1. The van der Waals surface area contributed by atoms with E-state index in [1.165, 1.54) is 0 Å². The summed E-state index contributed by atoms with van der Waals surface area (Å²) in [4.78, 5) is 0. The number of aliphatic hydroxyl groups excluding tert-OH is 1. The van der Waals surface area contributed by atoms with Crippen LogP contribution in [0.5, 0.6) is 5.75 Å². The number of rotatable bonds is 6. The molecular formula is C19H22O4. The summed E-state index contributed by atoms with van der Waals surface area (Å²) in [5.41, 5.74) is 5.43. The van der Waals surface area contributed by atoms with Gasteiger partial charge in [-0.3, -0.25) is 0 Å². The molecule has 1 aliphatic heterocycles. The van der Waals surface area contributed by atoms with Crippen molar-refractivity contribution in [2.45, 2.75) is 26.7 Å². The standard InChI is InChI=1S/C19H22O4/c1-2-21-7-8-23-17-5-6-18-16(10-17)13-22-12-15-4-3-14(11-20)9-19(15)18/h3-6,9-10,20H,2,7-8,11-13H2,1H3. The molecule has 0 aliphatic carbocycles. The summed E-state index contributed by atoms with van der Waals surface area (Å²) in [6, 6.07) is 12.1. The molecular weight excluding hydrogens is 292 g/mol. The van der Waals surface area contributed by atoms with Crippen LogP contribution in [0.1, 0.15) is 23.6 Å². The van der Waals surface area contributed by atoms with Crippen molar-refractivity contribution in [2.24, 2.45) is 0 Å². The Hall–Kier alpha value is -1.88. The van der Waals surface area contributed by atoms with Gasteiger partial charge < -0.3 is 19.3 Å². The van der Waals surface area contributed by atoms with Crippen molar-refractivity contribution in [3.8, 4) is 16.9 Å². The molecule has 2 aromatic carbocycles. The van der Waals surface area contributed by atoms with E-state index in [1.807, 2.05) is 37.3 Å². The SMILES string of the molecule is CCOCCOc1ccc2c(c1)COCc1ccc(CO)cc1-2. The van der Waals surface area contributed by atoms with Crippen molar-refractivity contribution < 1.29 is 19.3 Å². The Bertz CT molecular complexity index is 666. The lowest BCUT2D eigenvalue weighted by Gasteiger charge is -2.12. The van der Waals surface area contributed by atoms with Gasteiger partial charge in [0, 0.05) is 6.61 Å². The van der Waals surface area contributed by atoms with Crippen molar-refractivity contribution in [1.29, 1.82) is 0 Å². The summed E-state index contributed by atoms with van der Waals surface area (Å²) in [5, 5.41) is 9.38. The van der Waals surface area contributed by atoms with Crippen molar-refractivity contribution in [2.75, 3.05) is 19.8 Å². The van der Waals surface area contributed by atoms with Crippen molar-refractivity contribution in [3.63, 3.8) is 0 Å². The fourth-order valence-electron chi connectivity index (χ4n) is 2.77. The van der Waals surface area contributed by atoms with Crippen LogP contribution in [-0.2, 0) is 29.3 Å². The minimum Gasteiger partial charge on any atom is -0.491 e. The number of hydrogen-bond donors (Lipinski definition) is 1. The largest absolute Gasteiger partial charge is 0.491 e. The highest BCUT2D eigenvalue weighted by molar-refractivity contribution is 5.72. The zero-order chi connectivity index (χ0) is 16.1. The number of ether oxygens (including phenoxy) is 3. The first kappa shape index (κ1) is 16.0. The molecule has 4 heteroatoms. The third kappa shape index (κ3) is 3.72. The van der Waals surface area contributed by atoms with E-state index in [0.29, 0.717) is 33.0 Å². The fraction of sp³-hybridized carbons (Fsp3) is 0.368. The monoisotopic (exact) mass is 314 g/mol. The van der Waals surface area contributed by atoms with Gasteiger partial charge in [0.05, 0.1) is 26.4 Å². The normalized spacial score (nSPS) is 13.1. The molecule has 1 aliphatic rings. The summed E-state index contributed by atoms with van der Waals surface area (Å²) in [6.07, 6.45) is 0. The zero-order valence-corrected chi connectivity index (χ0v) is 13.4. The first-order valence-electron chi connectivity index (χ1n) is 7.96. The lowest BCUT2D eigenvalue weighted by atomic mass is 9.95. The Labute approximate surface area is 136 Å². The van der Waals surface area contributed by atoms with Gasteiger partial charge in [-0.05, 0) is 52.9 Å². The first-order chi connectivity index (χ1) is 11.3. The topological polar surface area (TPSA) is 47.9 Å². The Morgan fingerprint density at radius 3 is 2.70 bits per heavy atom. The lowest BCUT2D eigenvalue weighted by Crippen LogP contribution is -2.06. The summed E-state index contributed by atoms with van der Waals surface area (Å²) in [7, 11) is 0. The van der Waals surface area contributed by atoms with Gasteiger partial charge in [-0.15, -0.1) is 0 Å². The van der Waals surface area contributed by atoms with E-state index >= 15 is 0 Å². The predicted molar refractivity (Wildman–Crippen MR) is 88.3 cm³/mol. The minimum atomic E-state index is 0.0437. The Morgan fingerprint density at radius 2 is 1.87 bits per heavy atom. The molecule has 0 saturated heterocycles. The van der Waals surface area contributed by atoms with Crippen LogP contribution >= 0.6 is 0 Å². The molecule has 1 heterocycles. The molecule has 4 nitrogen and oxygen atoms in total. The number of hydrogen-bond acceptors (Lipinski definition) is 4. The predicted octanol–water partition coefficient (Wildman–Crippen LogP) is 3.29. The second kappa shape index (κ2) is 7.59. The van der Waals surface area contributed by atoms with Gasteiger partial charge >= 0.3 is 0 Å². The van der Waals surface area contributed by atoms with Gasteiger partial charge in [0.15, 0.2) is 0 Å². The molecule has 23 heavy (non-hydrogen) atoms. The zero-order valence-electron chi connectivity index (χ0n) is 13.4. The van der Waals surface area contributed by atoms with Gasteiger partial charge in [-0.2, -0.15) is 0 Å². The fourth-order valence-corrected chi connectivity index (χ4v) is 2.77. The van der Waals surface area contributed by atoms with E-state index in [-0.39, 0.29) is 6.61 Å². The lowest BCUT2D eigenvalue weighted by molar-refractivity contribution is 0.107. The maximum atomic E-state index is 9.38. The van der Waals surface area contributed by atoms with Gasteiger partial charge in [0.1, 0.15) is 12.4 Å². The van der Waals surface area contributed by atoms with Crippen molar-refractivity contribution >= 4 is 0 Å². The highest BCUT2D eigenvalue weighted by Gasteiger charge is 2.16. The van der Waals surface area contributed by atoms with Gasteiger partial charge in [0.25, 0.3) is 0 Å². The van der Waals surface area contributed by atoms with E-state index in [4.69, 9.17) is 14.2 Å². The molecule has 0 saturated carbocycles. The Kier molecular flexibility index (Phi) is 5.28. The molecule has 0 amide bonds. The van der Waals surface area contributed by atoms with E-state index < -0.39 is 0 Å². The third-order valence-corrected chi connectivity index (χ3v) is 3.94. The molecule has 1 N–H and O–H groups in total. The van der Waals surface area contributed by atoms with E-state index in [9.17, 15) is 5.11 Å². The van der Waals surface area contributed by atoms with E-state index in [2.05, 4.69) is 6.07 Å².